The molecule has 27 heavy (non-hydrogen) atoms. The van der Waals surface area contributed by atoms with Crippen molar-refractivity contribution in [3.05, 3.63) is 65.7 Å². The Kier molecular flexibility index (Phi) is 9.70. The van der Waals surface area contributed by atoms with Crippen LogP contribution in [0, 0.1) is 5.41 Å². The second-order valence-electron chi connectivity index (χ2n) is 6.71. The molecule has 0 atom stereocenters. The Morgan fingerprint density at radius 1 is 1.00 bits per heavy atom. The Morgan fingerprint density at radius 3 is 2.48 bits per heavy atom. The van der Waals surface area contributed by atoms with Crippen LogP contribution in [0.5, 0.6) is 0 Å². The molecule has 0 amide bonds. The Labute approximate surface area is 167 Å². The normalized spacial score (nSPS) is 10.6. The Bertz CT molecular complexity index is 703. The lowest BCUT2D eigenvalue weighted by atomic mass is 10.0. The van der Waals surface area contributed by atoms with Crippen LogP contribution in [0.15, 0.2) is 59.5 Å². The van der Waals surface area contributed by atoms with Crippen molar-refractivity contribution in [3.8, 4) is 0 Å². The number of thioether (sulfide) groups is 1. The molecule has 0 aliphatic rings. The van der Waals surface area contributed by atoms with Crippen molar-refractivity contribution >= 4 is 23.2 Å². The summed E-state index contributed by atoms with van der Waals surface area (Å²) in [6.07, 6.45) is 6.89. The van der Waals surface area contributed by atoms with E-state index in [1.807, 2.05) is 30.3 Å². The Hall–Kier alpha value is -2.07. The number of carbonyl (C=O) groups is 1. The molecular formula is C23H30N2OS. The van der Waals surface area contributed by atoms with Gasteiger partial charge in [-0.2, -0.15) is 0 Å². The van der Waals surface area contributed by atoms with E-state index in [0.717, 1.165) is 61.9 Å². The van der Waals surface area contributed by atoms with Crippen molar-refractivity contribution in [1.29, 1.82) is 5.41 Å². The zero-order chi connectivity index (χ0) is 19.3. The maximum absolute atomic E-state index is 10.7. The minimum atomic E-state index is 0.493. The molecule has 0 fully saturated rings. The monoisotopic (exact) mass is 382 g/mol. The molecule has 2 aromatic carbocycles. The van der Waals surface area contributed by atoms with Gasteiger partial charge in [0.1, 0.15) is 6.29 Å². The number of hydrogen-bond donors (Lipinski definition) is 1. The fraction of sp³-hybridized carbons (Fsp3) is 0.391. The zero-order valence-corrected chi connectivity index (χ0v) is 17.0. The van der Waals surface area contributed by atoms with Gasteiger partial charge in [-0.05, 0) is 48.9 Å². The standard InChI is InChI=1S/C23H30N2OS/c1-2-3-16-25(23(24)27-22-13-5-4-6-14-22)17-8-7-10-20-11-9-12-21(19-20)15-18-26/h4-6,9,11-14,18-19,24H,2-3,7-8,10,15-17H2,1H3. The fourth-order valence-corrected chi connectivity index (χ4v) is 3.80. The van der Waals surface area contributed by atoms with E-state index in [4.69, 9.17) is 5.41 Å². The van der Waals surface area contributed by atoms with Gasteiger partial charge in [0.15, 0.2) is 5.17 Å². The van der Waals surface area contributed by atoms with Crippen molar-refractivity contribution in [2.75, 3.05) is 13.1 Å². The highest BCUT2D eigenvalue weighted by atomic mass is 32.2. The lowest BCUT2D eigenvalue weighted by Gasteiger charge is -2.24. The largest absolute Gasteiger partial charge is 0.351 e. The number of unbranched alkanes of at least 4 members (excludes halogenated alkanes) is 2. The summed E-state index contributed by atoms with van der Waals surface area (Å²) < 4.78 is 0. The summed E-state index contributed by atoms with van der Waals surface area (Å²) >= 11 is 1.54. The third-order valence-corrected chi connectivity index (χ3v) is 5.44. The SMILES string of the molecule is CCCCN(CCCCc1cccc(CC=O)c1)C(=N)Sc1ccccc1. The number of amidine groups is 1. The average molecular weight is 383 g/mol. The lowest BCUT2D eigenvalue weighted by Crippen LogP contribution is -2.30. The van der Waals surface area contributed by atoms with Crippen LogP contribution >= 0.6 is 11.8 Å². The molecule has 0 saturated heterocycles. The zero-order valence-electron chi connectivity index (χ0n) is 16.2. The Morgan fingerprint density at radius 2 is 1.74 bits per heavy atom. The first-order chi connectivity index (χ1) is 13.2. The Balaban J connectivity index is 1.82. The van der Waals surface area contributed by atoms with Gasteiger partial charge in [-0.15, -0.1) is 0 Å². The highest BCUT2D eigenvalue weighted by Gasteiger charge is 2.11. The summed E-state index contributed by atoms with van der Waals surface area (Å²) in [7, 11) is 0. The summed E-state index contributed by atoms with van der Waals surface area (Å²) in [5.74, 6) is 0. The van der Waals surface area contributed by atoms with Gasteiger partial charge in [-0.25, -0.2) is 0 Å². The molecule has 4 heteroatoms. The second kappa shape index (κ2) is 12.3. The number of carbonyl (C=O) groups excluding carboxylic acids is 1. The molecule has 0 aromatic heterocycles. The highest BCUT2D eigenvalue weighted by molar-refractivity contribution is 8.13. The number of nitrogens with zero attached hydrogens (tertiary/aromatic N) is 1. The first-order valence-corrected chi connectivity index (χ1v) is 10.6. The van der Waals surface area contributed by atoms with Crippen LogP contribution in [-0.2, 0) is 17.6 Å². The van der Waals surface area contributed by atoms with E-state index < -0.39 is 0 Å². The predicted octanol–water partition coefficient (Wildman–Crippen LogP) is 5.58. The van der Waals surface area contributed by atoms with Gasteiger partial charge in [0.2, 0.25) is 0 Å². The van der Waals surface area contributed by atoms with Gasteiger partial charge in [0.25, 0.3) is 0 Å². The number of hydrogen-bond acceptors (Lipinski definition) is 3. The van der Waals surface area contributed by atoms with Crippen LogP contribution in [0.1, 0.15) is 43.7 Å². The van der Waals surface area contributed by atoms with E-state index in [-0.39, 0.29) is 0 Å². The van der Waals surface area contributed by atoms with Crippen molar-refractivity contribution in [2.45, 2.75) is 50.3 Å². The van der Waals surface area contributed by atoms with E-state index in [9.17, 15) is 4.79 Å². The third-order valence-electron chi connectivity index (χ3n) is 4.48. The quantitative estimate of drug-likeness (QED) is 0.181. The summed E-state index contributed by atoms with van der Waals surface area (Å²) in [6.45, 7) is 4.06. The maximum atomic E-state index is 10.7. The van der Waals surface area contributed by atoms with Crippen molar-refractivity contribution < 1.29 is 4.79 Å². The van der Waals surface area contributed by atoms with Crippen LogP contribution in [0.4, 0.5) is 0 Å². The van der Waals surface area contributed by atoms with Crippen LogP contribution in [0.2, 0.25) is 0 Å². The topological polar surface area (TPSA) is 44.2 Å². The van der Waals surface area contributed by atoms with E-state index in [2.05, 4.69) is 36.1 Å². The van der Waals surface area contributed by atoms with Gasteiger partial charge in [0.05, 0.1) is 0 Å². The van der Waals surface area contributed by atoms with Gasteiger partial charge in [-0.1, -0.05) is 67.6 Å². The number of benzene rings is 2. The number of nitrogens with one attached hydrogen (secondary N) is 1. The average Bonchev–Trinajstić information content (AvgIpc) is 2.68. The summed E-state index contributed by atoms with van der Waals surface area (Å²) in [5.41, 5.74) is 2.39. The molecule has 2 rings (SSSR count). The molecule has 0 bridgehead atoms. The smallest absolute Gasteiger partial charge is 0.161 e. The molecule has 0 radical (unpaired) electrons. The third kappa shape index (κ3) is 8.00. The molecule has 0 spiro atoms. The molecule has 3 nitrogen and oxygen atoms in total. The van der Waals surface area contributed by atoms with Gasteiger partial charge in [0, 0.05) is 24.4 Å². The van der Waals surface area contributed by atoms with E-state index >= 15 is 0 Å². The van der Waals surface area contributed by atoms with Gasteiger partial charge in [-0.3, -0.25) is 5.41 Å². The van der Waals surface area contributed by atoms with Crippen molar-refractivity contribution in [3.63, 3.8) is 0 Å². The number of aryl methyl sites for hydroxylation is 1. The molecule has 0 aliphatic heterocycles. The lowest BCUT2D eigenvalue weighted by molar-refractivity contribution is -0.107. The summed E-state index contributed by atoms with van der Waals surface area (Å²) in [4.78, 5) is 14.0. The predicted molar refractivity (Wildman–Crippen MR) is 116 cm³/mol. The maximum Gasteiger partial charge on any atom is 0.161 e. The van der Waals surface area contributed by atoms with Crippen LogP contribution in [-0.4, -0.2) is 29.4 Å². The number of rotatable bonds is 11. The minimum Gasteiger partial charge on any atom is -0.351 e. The van der Waals surface area contributed by atoms with Crippen molar-refractivity contribution in [2.24, 2.45) is 0 Å². The molecule has 0 aliphatic carbocycles. The minimum absolute atomic E-state index is 0.493. The van der Waals surface area contributed by atoms with E-state index in [0.29, 0.717) is 11.6 Å². The first-order valence-electron chi connectivity index (χ1n) is 9.80. The second-order valence-corrected chi connectivity index (χ2v) is 7.77. The molecule has 0 heterocycles. The van der Waals surface area contributed by atoms with Crippen LogP contribution in [0.3, 0.4) is 0 Å². The van der Waals surface area contributed by atoms with Gasteiger partial charge >= 0.3 is 0 Å². The highest BCUT2D eigenvalue weighted by Crippen LogP contribution is 2.21. The first kappa shape index (κ1) is 21.2. The molecule has 0 saturated carbocycles. The van der Waals surface area contributed by atoms with Crippen LogP contribution < -0.4 is 0 Å². The molecule has 2 aromatic rings. The van der Waals surface area contributed by atoms with E-state index in [1.54, 1.807) is 11.8 Å². The molecular weight excluding hydrogens is 352 g/mol. The molecule has 1 N–H and O–H groups in total. The summed E-state index contributed by atoms with van der Waals surface area (Å²) in [5, 5.41) is 9.13. The van der Waals surface area contributed by atoms with Gasteiger partial charge < -0.3 is 9.69 Å². The number of aldehydes is 1. The summed E-state index contributed by atoms with van der Waals surface area (Å²) in [6, 6.07) is 18.5. The van der Waals surface area contributed by atoms with Crippen molar-refractivity contribution in [1.82, 2.24) is 4.90 Å². The van der Waals surface area contributed by atoms with Crippen LogP contribution in [0.25, 0.3) is 0 Å². The molecule has 0 unspecified atom stereocenters. The van der Waals surface area contributed by atoms with E-state index in [1.165, 1.54) is 5.56 Å². The molecule has 144 valence electrons. The fourth-order valence-electron chi connectivity index (χ4n) is 2.97.